The van der Waals surface area contributed by atoms with Crippen LogP contribution in [-0.2, 0) is 4.94 Å². The lowest BCUT2D eigenvalue weighted by atomic mass is 10.2. The molecule has 0 aliphatic carbocycles. The van der Waals surface area contributed by atoms with Gasteiger partial charge in [-0.25, -0.2) is 0 Å². The predicted octanol–water partition coefficient (Wildman–Crippen LogP) is -0.195. The first kappa shape index (κ1) is 7.23. The van der Waals surface area contributed by atoms with E-state index in [0.717, 1.165) is 0 Å². The SMILES string of the molecule is CC(C)/C(N)=N/ON. The minimum absolute atomic E-state index is 0.193. The van der Waals surface area contributed by atoms with Crippen molar-refractivity contribution < 1.29 is 4.94 Å². The maximum absolute atomic E-state index is 5.27. The molecule has 0 bridgehead atoms. The molecule has 0 unspecified atom stereocenters. The number of nitrogens with zero attached hydrogens (tertiary/aromatic N) is 1. The van der Waals surface area contributed by atoms with Gasteiger partial charge < -0.3 is 10.7 Å². The molecular formula is C4H11N3O. The van der Waals surface area contributed by atoms with E-state index < -0.39 is 0 Å². The number of hydrogen-bond acceptors (Lipinski definition) is 3. The highest BCUT2D eigenvalue weighted by Crippen LogP contribution is 1.89. The molecule has 0 aromatic rings. The number of oxime groups is 1. The van der Waals surface area contributed by atoms with Crippen molar-refractivity contribution in [1.29, 1.82) is 0 Å². The van der Waals surface area contributed by atoms with E-state index in [1.165, 1.54) is 0 Å². The fraction of sp³-hybridized carbons (Fsp3) is 0.750. The summed E-state index contributed by atoms with van der Waals surface area (Å²) in [5.41, 5.74) is 5.27. The molecule has 4 heteroatoms. The van der Waals surface area contributed by atoms with Gasteiger partial charge in [-0.2, -0.15) is 0 Å². The molecule has 0 radical (unpaired) electrons. The van der Waals surface area contributed by atoms with E-state index in [2.05, 4.69) is 16.0 Å². The van der Waals surface area contributed by atoms with E-state index in [9.17, 15) is 0 Å². The average molecular weight is 117 g/mol. The summed E-state index contributed by atoms with van der Waals surface area (Å²) in [6, 6.07) is 0. The molecule has 4 nitrogen and oxygen atoms in total. The van der Waals surface area contributed by atoms with Crippen LogP contribution in [0.15, 0.2) is 5.16 Å². The third-order valence-electron chi connectivity index (χ3n) is 0.750. The van der Waals surface area contributed by atoms with Gasteiger partial charge in [0.25, 0.3) is 0 Å². The van der Waals surface area contributed by atoms with Crippen LogP contribution >= 0.6 is 0 Å². The quantitative estimate of drug-likeness (QED) is 0.299. The zero-order valence-corrected chi connectivity index (χ0v) is 5.09. The molecule has 0 atom stereocenters. The van der Waals surface area contributed by atoms with Crippen LogP contribution in [0.4, 0.5) is 0 Å². The van der Waals surface area contributed by atoms with Gasteiger partial charge in [0.05, 0.1) is 0 Å². The van der Waals surface area contributed by atoms with Crippen LogP contribution in [0.1, 0.15) is 13.8 Å². The van der Waals surface area contributed by atoms with Gasteiger partial charge in [-0.1, -0.05) is 13.8 Å². The Bertz CT molecular complexity index is 89.3. The van der Waals surface area contributed by atoms with Crippen molar-refractivity contribution in [1.82, 2.24) is 0 Å². The van der Waals surface area contributed by atoms with Gasteiger partial charge in [0.2, 0.25) is 0 Å². The second-order valence-corrected chi connectivity index (χ2v) is 1.78. The van der Waals surface area contributed by atoms with Gasteiger partial charge >= 0.3 is 0 Å². The summed E-state index contributed by atoms with van der Waals surface area (Å²) in [6.45, 7) is 3.80. The lowest BCUT2D eigenvalue weighted by molar-refractivity contribution is 0.147. The second-order valence-electron chi connectivity index (χ2n) is 1.78. The molecule has 8 heavy (non-hydrogen) atoms. The molecule has 0 fully saturated rings. The van der Waals surface area contributed by atoms with E-state index in [4.69, 9.17) is 5.73 Å². The summed E-state index contributed by atoms with van der Waals surface area (Å²) in [5, 5.41) is 3.30. The van der Waals surface area contributed by atoms with Crippen LogP contribution in [-0.4, -0.2) is 5.84 Å². The first-order chi connectivity index (χ1) is 3.68. The highest BCUT2D eigenvalue weighted by atomic mass is 16.7. The average Bonchev–Trinajstić information content (AvgIpc) is 1.67. The smallest absolute Gasteiger partial charge is 0.144 e. The molecule has 0 aromatic carbocycles. The lowest BCUT2D eigenvalue weighted by Crippen LogP contribution is -2.19. The third kappa shape index (κ3) is 2.41. The van der Waals surface area contributed by atoms with Crippen molar-refractivity contribution in [2.24, 2.45) is 22.7 Å². The molecular weight excluding hydrogens is 106 g/mol. The monoisotopic (exact) mass is 117 g/mol. The molecule has 0 spiro atoms. The summed E-state index contributed by atoms with van der Waals surface area (Å²) in [4.78, 5) is 3.93. The van der Waals surface area contributed by atoms with Crippen molar-refractivity contribution in [3.63, 3.8) is 0 Å². The van der Waals surface area contributed by atoms with Crippen LogP contribution in [0.5, 0.6) is 0 Å². The number of hydrogen-bond donors (Lipinski definition) is 2. The number of amidine groups is 1. The Labute approximate surface area is 48.4 Å². The van der Waals surface area contributed by atoms with Crippen LogP contribution < -0.4 is 11.6 Å². The molecule has 0 aliphatic rings. The summed E-state index contributed by atoms with van der Waals surface area (Å²) in [6.07, 6.45) is 0. The Morgan fingerprint density at radius 2 is 2.12 bits per heavy atom. The van der Waals surface area contributed by atoms with Gasteiger partial charge in [0.1, 0.15) is 5.84 Å². The van der Waals surface area contributed by atoms with Crippen molar-refractivity contribution in [2.45, 2.75) is 13.8 Å². The largest absolute Gasteiger partial charge is 0.384 e. The molecule has 0 aliphatic heterocycles. The molecule has 0 heterocycles. The van der Waals surface area contributed by atoms with E-state index in [0.29, 0.717) is 5.84 Å². The third-order valence-corrected chi connectivity index (χ3v) is 0.750. The highest BCUT2D eigenvalue weighted by Gasteiger charge is 1.96. The fourth-order valence-corrected chi connectivity index (χ4v) is 0.166. The normalized spacial score (nSPS) is 12.2. The molecule has 0 amide bonds. The zero-order valence-electron chi connectivity index (χ0n) is 5.09. The lowest BCUT2D eigenvalue weighted by Gasteiger charge is -1.99. The van der Waals surface area contributed by atoms with Crippen molar-refractivity contribution in [3.8, 4) is 0 Å². The first-order valence-electron chi connectivity index (χ1n) is 2.37. The standard InChI is InChI=1S/C4H11N3O/c1-3(2)4(5)7-8-6/h3H,6H2,1-2H3,(H2,5,7). The predicted molar refractivity (Wildman–Crippen MR) is 31.7 cm³/mol. The Kier molecular flexibility index (Phi) is 2.95. The minimum atomic E-state index is 0.193. The number of rotatable bonds is 2. The Hall–Kier alpha value is -0.770. The van der Waals surface area contributed by atoms with Crippen LogP contribution in [0.2, 0.25) is 0 Å². The minimum Gasteiger partial charge on any atom is -0.384 e. The fourth-order valence-electron chi connectivity index (χ4n) is 0.166. The van der Waals surface area contributed by atoms with Gasteiger partial charge in [-0.05, 0) is 5.16 Å². The molecule has 0 rings (SSSR count). The van der Waals surface area contributed by atoms with Gasteiger partial charge in [0, 0.05) is 5.92 Å². The topological polar surface area (TPSA) is 73.6 Å². The summed E-state index contributed by atoms with van der Waals surface area (Å²) in [5.74, 6) is 5.20. The number of nitrogens with two attached hydrogens (primary N) is 2. The van der Waals surface area contributed by atoms with Crippen molar-refractivity contribution >= 4 is 5.84 Å². The maximum atomic E-state index is 5.27. The Morgan fingerprint density at radius 3 is 2.25 bits per heavy atom. The van der Waals surface area contributed by atoms with E-state index in [1.807, 2.05) is 13.8 Å². The second kappa shape index (κ2) is 3.26. The molecule has 48 valence electrons. The van der Waals surface area contributed by atoms with Crippen molar-refractivity contribution in [3.05, 3.63) is 0 Å². The first-order valence-corrected chi connectivity index (χ1v) is 2.37. The van der Waals surface area contributed by atoms with Gasteiger partial charge in [-0.15, -0.1) is 5.90 Å². The van der Waals surface area contributed by atoms with E-state index in [1.54, 1.807) is 0 Å². The van der Waals surface area contributed by atoms with E-state index >= 15 is 0 Å². The van der Waals surface area contributed by atoms with Crippen LogP contribution in [0.25, 0.3) is 0 Å². The summed E-state index contributed by atoms with van der Waals surface area (Å²) in [7, 11) is 0. The van der Waals surface area contributed by atoms with Crippen molar-refractivity contribution in [2.75, 3.05) is 0 Å². The molecule has 0 saturated heterocycles. The highest BCUT2D eigenvalue weighted by molar-refractivity contribution is 5.81. The summed E-state index contributed by atoms with van der Waals surface area (Å²) >= 11 is 0. The van der Waals surface area contributed by atoms with Crippen LogP contribution in [0.3, 0.4) is 0 Å². The maximum Gasteiger partial charge on any atom is 0.144 e. The molecule has 0 saturated carbocycles. The van der Waals surface area contributed by atoms with E-state index in [-0.39, 0.29) is 5.92 Å². The molecule has 0 aromatic heterocycles. The Balaban J connectivity index is 3.61. The Morgan fingerprint density at radius 1 is 1.62 bits per heavy atom. The molecule has 4 N–H and O–H groups in total. The zero-order chi connectivity index (χ0) is 6.57. The van der Waals surface area contributed by atoms with Gasteiger partial charge in [-0.3, -0.25) is 0 Å². The van der Waals surface area contributed by atoms with Crippen LogP contribution in [0, 0.1) is 5.92 Å². The van der Waals surface area contributed by atoms with Gasteiger partial charge in [0.15, 0.2) is 0 Å². The summed E-state index contributed by atoms with van der Waals surface area (Å²) < 4.78 is 0.